The van der Waals surface area contributed by atoms with Gasteiger partial charge in [0.15, 0.2) is 0 Å². The van der Waals surface area contributed by atoms with Gasteiger partial charge < -0.3 is 14.2 Å². The maximum absolute atomic E-state index is 5.78. The standard InChI is InChI=1S/C42H80I2O3/c1-3-29-41(31-25-21-17-13-9-5-7-11-15-19-23-27-35-43)33-37-45-39-47-40-46-38-34-42(30-4-2)32-26-22-18-14-10-6-8-12-16-20-24-28-36-44/h25-26,31-32,41-42H,3-24,27-30,33-40H2,1-2H3. The zero-order chi connectivity index (χ0) is 34.1. The zero-order valence-corrected chi connectivity index (χ0v) is 35.8. The molecule has 0 saturated carbocycles. The highest BCUT2D eigenvalue weighted by Gasteiger charge is 2.05. The first kappa shape index (κ1) is 47.8. The molecule has 0 aromatic heterocycles. The van der Waals surface area contributed by atoms with Gasteiger partial charge in [0.1, 0.15) is 13.6 Å². The smallest absolute Gasteiger partial charge is 0.149 e. The summed E-state index contributed by atoms with van der Waals surface area (Å²) < 4.78 is 19.8. The number of ether oxygens (including phenoxy) is 3. The minimum atomic E-state index is 0.331. The van der Waals surface area contributed by atoms with Crippen molar-refractivity contribution < 1.29 is 14.2 Å². The van der Waals surface area contributed by atoms with Crippen molar-refractivity contribution in [2.45, 2.75) is 194 Å². The Balaban J connectivity index is 3.70. The van der Waals surface area contributed by atoms with Gasteiger partial charge in [0.2, 0.25) is 0 Å². The molecule has 0 spiro atoms. The molecule has 0 aliphatic heterocycles. The lowest BCUT2D eigenvalue weighted by molar-refractivity contribution is -0.132. The van der Waals surface area contributed by atoms with Gasteiger partial charge in [-0.2, -0.15) is 0 Å². The van der Waals surface area contributed by atoms with Crippen LogP contribution in [0.5, 0.6) is 0 Å². The van der Waals surface area contributed by atoms with E-state index < -0.39 is 0 Å². The molecular weight excluding hydrogens is 806 g/mol. The Morgan fingerprint density at radius 2 is 0.723 bits per heavy atom. The third-order valence-corrected chi connectivity index (χ3v) is 10.8. The Hall–Kier alpha value is 0.820. The average Bonchev–Trinajstić information content (AvgIpc) is 3.07. The van der Waals surface area contributed by atoms with Crippen molar-refractivity contribution in [2.75, 3.05) is 35.7 Å². The molecule has 0 N–H and O–H groups in total. The number of halogens is 2. The zero-order valence-electron chi connectivity index (χ0n) is 31.5. The second-order valence-corrected chi connectivity index (χ2v) is 16.0. The molecule has 0 bridgehead atoms. The lowest BCUT2D eigenvalue weighted by atomic mass is 9.99. The van der Waals surface area contributed by atoms with Gasteiger partial charge in [0.05, 0.1) is 0 Å². The van der Waals surface area contributed by atoms with Crippen LogP contribution in [0.25, 0.3) is 0 Å². The van der Waals surface area contributed by atoms with E-state index in [1.807, 2.05) is 0 Å². The minimum Gasteiger partial charge on any atom is -0.355 e. The first-order valence-electron chi connectivity index (χ1n) is 20.5. The summed E-state index contributed by atoms with van der Waals surface area (Å²) in [5, 5.41) is 0. The Morgan fingerprint density at radius 3 is 1.04 bits per heavy atom. The fourth-order valence-corrected chi connectivity index (χ4v) is 7.35. The largest absolute Gasteiger partial charge is 0.355 e. The van der Waals surface area contributed by atoms with Gasteiger partial charge >= 0.3 is 0 Å². The molecule has 0 radical (unpaired) electrons. The number of hydrogen-bond donors (Lipinski definition) is 0. The summed E-state index contributed by atoms with van der Waals surface area (Å²) in [7, 11) is 0. The summed E-state index contributed by atoms with van der Waals surface area (Å²) in [6, 6.07) is 0. The van der Waals surface area contributed by atoms with Gasteiger partial charge in [-0.1, -0.05) is 199 Å². The van der Waals surface area contributed by atoms with E-state index in [0.29, 0.717) is 25.4 Å². The minimum absolute atomic E-state index is 0.331. The molecule has 2 atom stereocenters. The van der Waals surface area contributed by atoms with E-state index in [2.05, 4.69) is 83.3 Å². The van der Waals surface area contributed by atoms with Gasteiger partial charge in [0.25, 0.3) is 0 Å². The number of unbranched alkanes of at least 4 members (excludes halogenated alkanes) is 20. The van der Waals surface area contributed by atoms with Gasteiger partial charge in [-0.25, -0.2) is 0 Å². The van der Waals surface area contributed by atoms with Crippen molar-refractivity contribution in [3.05, 3.63) is 24.3 Å². The molecule has 0 saturated heterocycles. The molecule has 3 nitrogen and oxygen atoms in total. The molecule has 5 heteroatoms. The molecule has 0 rings (SSSR count). The van der Waals surface area contributed by atoms with Crippen LogP contribution >= 0.6 is 45.2 Å². The van der Waals surface area contributed by atoms with Gasteiger partial charge in [-0.05, 0) is 84.9 Å². The summed E-state index contributed by atoms with van der Waals surface area (Å²) >= 11 is 4.98. The monoisotopic (exact) mass is 886 g/mol. The lowest BCUT2D eigenvalue weighted by Gasteiger charge is -2.13. The second-order valence-electron chi connectivity index (χ2n) is 13.8. The quantitative estimate of drug-likeness (QED) is 0.0202. The fourth-order valence-electron chi connectivity index (χ4n) is 6.27. The molecule has 47 heavy (non-hydrogen) atoms. The number of allylic oxidation sites excluding steroid dienone is 4. The lowest BCUT2D eigenvalue weighted by Crippen LogP contribution is -2.10. The van der Waals surface area contributed by atoms with E-state index in [0.717, 1.165) is 26.1 Å². The summed E-state index contributed by atoms with van der Waals surface area (Å²) in [6.45, 7) is 6.75. The molecule has 0 aliphatic rings. The van der Waals surface area contributed by atoms with Crippen LogP contribution in [0.2, 0.25) is 0 Å². The maximum Gasteiger partial charge on any atom is 0.149 e. The first-order valence-corrected chi connectivity index (χ1v) is 23.5. The molecular formula is C42H80I2O3. The molecule has 0 aliphatic carbocycles. The number of hydrogen-bond acceptors (Lipinski definition) is 3. The Morgan fingerprint density at radius 1 is 0.404 bits per heavy atom. The molecule has 0 heterocycles. The highest BCUT2D eigenvalue weighted by atomic mass is 127. The highest BCUT2D eigenvalue weighted by Crippen LogP contribution is 2.17. The number of rotatable bonds is 40. The normalized spacial score (nSPS) is 13.4. The van der Waals surface area contributed by atoms with Crippen LogP contribution in [0.4, 0.5) is 0 Å². The molecule has 0 amide bonds. The van der Waals surface area contributed by atoms with E-state index in [1.165, 1.54) is 176 Å². The Kier molecular flexibility index (Phi) is 43.7. The van der Waals surface area contributed by atoms with Crippen LogP contribution in [-0.2, 0) is 14.2 Å². The van der Waals surface area contributed by atoms with Crippen LogP contribution in [0.15, 0.2) is 24.3 Å². The molecule has 0 aromatic carbocycles. The third kappa shape index (κ3) is 39.5. The highest BCUT2D eigenvalue weighted by molar-refractivity contribution is 14.1. The topological polar surface area (TPSA) is 27.7 Å². The van der Waals surface area contributed by atoms with Crippen molar-refractivity contribution in [3.63, 3.8) is 0 Å². The Labute approximate surface area is 322 Å². The van der Waals surface area contributed by atoms with Crippen LogP contribution in [0, 0.1) is 11.8 Å². The SMILES string of the molecule is CCCC(C=CCCCCCCCCCCCCI)CCOCOCOCCC(C=CCCCCCCCCCCCCI)CCC. The van der Waals surface area contributed by atoms with E-state index >= 15 is 0 Å². The summed E-state index contributed by atoms with van der Waals surface area (Å²) in [6.07, 6.45) is 47.6. The average molecular weight is 887 g/mol. The molecule has 280 valence electrons. The predicted molar refractivity (Wildman–Crippen MR) is 226 cm³/mol. The second kappa shape index (κ2) is 43.0. The van der Waals surface area contributed by atoms with Crippen LogP contribution in [-0.4, -0.2) is 35.7 Å². The van der Waals surface area contributed by atoms with E-state index in [-0.39, 0.29) is 0 Å². The van der Waals surface area contributed by atoms with Gasteiger partial charge in [-0.3, -0.25) is 0 Å². The number of alkyl halides is 2. The van der Waals surface area contributed by atoms with Crippen molar-refractivity contribution in [2.24, 2.45) is 11.8 Å². The van der Waals surface area contributed by atoms with Crippen LogP contribution < -0.4 is 0 Å². The third-order valence-electron chi connectivity index (χ3n) is 9.24. The van der Waals surface area contributed by atoms with Gasteiger partial charge in [0, 0.05) is 13.2 Å². The summed E-state index contributed by atoms with van der Waals surface area (Å²) in [5.41, 5.74) is 0. The van der Waals surface area contributed by atoms with E-state index in [9.17, 15) is 0 Å². The van der Waals surface area contributed by atoms with Gasteiger partial charge in [-0.15, -0.1) is 0 Å². The van der Waals surface area contributed by atoms with Crippen LogP contribution in [0.1, 0.15) is 194 Å². The van der Waals surface area contributed by atoms with Crippen molar-refractivity contribution >= 4 is 45.2 Å². The summed E-state index contributed by atoms with van der Waals surface area (Å²) in [5.74, 6) is 1.25. The fraction of sp³-hybridized carbons (Fsp3) is 0.905. The summed E-state index contributed by atoms with van der Waals surface area (Å²) in [4.78, 5) is 0. The van der Waals surface area contributed by atoms with Crippen molar-refractivity contribution in [1.82, 2.24) is 0 Å². The molecule has 0 fully saturated rings. The Bertz CT molecular complexity index is 575. The molecule has 0 aromatic rings. The van der Waals surface area contributed by atoms with Crippen LogP contribution in [0.3, 0.4) is 0 Å². The molecule has 2 unspecified atom stereocenters. The van der Waals surface area contributed by atoms with Crippen molar-refractivity contribution in [3.8, 4) is 0 Å². The van der Waals surface area contributed by atoms with Crippen molar-refractivity contribution in [1.29, 1.82) is 0 Å². The van der Waals surface area contributed by atoms with E-state index in [4.69, 9.17) is 14.2 Å². The maximum atomic E-state index is 5.78. The predicted octanol–water partition coefficient (Wildman–Crippen LogP) is 15.1. The van der Waals surface area contributed by atoms with E-state index in [1.54, 1.807) is 0 Å². The first-order chi connectivity index (χ1) is 23.3.